The van der Waals surface area contributed by atoms with Crippen LogP contribution in [0, 0.1) is 16.7 Å². The van der Waals surface area contributed by atoms with E-state index in [4.69, 9.17) is 4.42 Å². The van der Waals surface area contributed by atoms with Crippen LogP contribution in [-0.4, -0.2) is 45.8 Å². The van der Waals surface area contributed by atoms with Crippen LogP contribution in [-0.2, 0) is 17.9 Å². The van der Waals surface area contributed by atoms with E-state index in [-0.39, 0.29) is 23.5 Å². The molecule has 2 saturated carbocycles. The van der Waals surface area contributed by atoms with Gasteiger partial charge in [0.1, 0.15) is 18.1 Å². The van der Waals surface area contributed by atoms with E-state index in [2.05, 4.69) is 19.2 Å². The molecule has 6 nitrogen and oxygen atoms in total. The van der Waals surface area contributed by atoms with Crippen LogP contribution in [0.2, 0.25) is 0 Å². The molecule has 0 spiro atoms. The van der Waals surface area contributed by atoms with Gasteiger partial charge in [0.2, 0.25) is 5.91 Å². The van der Waals surface area contributed by atoms with Gasteiger partial charge in [-0.05, 0) is 80.8 Å². The molecule has 2 aliphatic carbocycles. The number of rotatable bonds is 7. The Morgan fingerprint density at radius 2 is 1.87 bits per heavy atom. The number of likely N-dealkylation sites (tertiary alicyclic amines) is 1. The van der Waals surface area contributed by atoms with Gasteiger partial charge in [0.05, 0.1) is 12.1 Å². The maximum absolute atomic E-state index is 12.9. The largest absolute Gasteiger partial charge is 0.462 e. The summed E-state index contributed by atoms with van der Waals surface area (Å²) in [5.74, 6) is 2.08. The minimum absolute atomic E-state index is 0.00747. The van der Waals surface area contributed by atoms with Crippen LogP contribution in [0.25, 0.3) is 0 Å². The Morgan fingerprint density at radius 3 is 2.55 bits per heavy atom. The molecule has 4 atom stereocenters. The molecule has 2 heterocycles. The second-order valence-corrected chi connectivity index (χ2v) is 11.2. The molecule has 4 rings (SSSR count). The van der Waals surface area contributed by atoms with E-state index < -0.39 is 5.60 Å². The molecule has 3 aliphatic rings. The number of aliphatic hydroxyl groups is 2. The quantitative estimate of drug-likeness (QED) is 0.613. The van der Waals surface area contributed by atoms with Crippen molar-refractivity contribution in [2.24, 2.45) is 16.7 Å². The fourth-order valence-electron chi connectivity index (χ4n) is 6.80. The van der Waals surface area contributed by atoms with Crippen molar-refractivity contribution >= 4 is 5.91 Å². The number of nitrogens with one attached hydrogen (secondary N) is 1. The second kappa shape index (κ2) is 8.53. The molecule has 4 unspecified atom stereocenters. The summed E-state index contributed by atoms with van der Waals surface area (Å²) in [4.78, 5) is 14.9. The van der Waals surface area contributed by atoms with E-state index in [0.717, 1.165) is 63.8 Å². The first-order valence-electron chi connectivity index (χ1n) is 12.1. The first-order chi connectivity index (χ1) is 14.7. The first kappa shape index (κ1) is 22.8. The highest BCUT2D eigenvalue weighted by atomic mass is 16.4. The third kappa shape index (κ3) is 4.57. The van der Waals surface area contributed by atoms with Gasteiger partial charge in [0.25, 0.3) is 0 Å². The summed E-state index contributed by atoms with van der Waals surface area (Å²) in [6.45, 7) is 8.97. The molecule has 0 bridgehead atoms. The van der Waals surface area contributed by atoms with Gasteiger partial charge in [-0.1, -0.05) is 13.8 Å². The molecule has 6 heteroatoms. The molecule has 3 fully saturated rings. The molecule has 3 N–H and O–H groups in total. The maximum atomic E-state index is 12.9. The average Bonchev–Trinajstić information content (AvgIpc) is 3.44. The third-order valence-corrected chi connectivity index (χ3v) is 8.49. The zero-order valence-electron chi connectivity index (χ0n) is 19.5. The lowest BCUT2D eigenvalue weighted by Gasteiger charge is -2.51. The van der Waals surface area contributed by atoms with Crippen LogP contribution in [0.5, 0.6) is 0 Å². The van der Waals surface area contributed by atoms with Crippen molar-refractivity contribution in [3.63, 3.8) is 0 Å². The summed E-state index contributed by atoms with van der Waals surface area (Å²) in [7, 11) is 0. The summed E-state index contributed by atoms with van der Waals surface area (Å²) < 4.78 is 5.70. The SMILES string of the molecule is CC1(O)CCC2(CCC(=O)N3CCCC3)C(NCc3ccc(CO)o3)CC(C)(C)C2C1. The minimum Gasteiger partial charge on any atom is -0.462 e. The lowest BCUT2D eigenvalue weighted by Crippen LogP contribution is -2.51. The van der Waals surface area contributed by atoms with Crippen LogP contribution < -0.4 is 5.32 Å². The number of fused-ring (bicyclic) bond motifs is 1. The highest BCUT2D eigenvalue weighted by Crippen LogP contribution is 2.63. The standard InChI is InChI=1S/C25H40N2O4/c1-23(2)15-21(26-16-18-6-7-19(17-28)31-18)25(11-10-24(3,30)14-20(23)25)9-8-22(29)27-12-4-5-13-27/h6-7,20-21,26,28,30H,4-5,8-17H2,1-3H3. The van der Waals surface area contributed by atoms with Crippen LogP contribution in [0.1, 0.15) is 83.7 Å². The highest BCUT2D eigenvalue weighted by molar-refractivity contribution is 5.76. The van der Waals surface area contributed by atoms with E-state index in [0.29, 0.717) is 30.6 Å². The Balaban J connectivity index is 1.53. The Labute approximate surface area is 186 Å². The molecular weight excluding hydrogens is 392 g/mol. The number of aliphatic hydroxyl groups excluding tert-OH is 1. The summed E-state index contributed by atoms with van der Waals surface area (Å²) in [5, 5.41) is 24.0. The van der Waals surface area contributed by atoms with Crippen molar-refractivity contribution in [2.75, 3.05) is 13.1 Å². The number of hydrogen-bond acceptors (Lipinski definition) is 5. The Bertz CT molecular complexity index is 780. The minimum atomic E-state index is -0.629. The number of amides is 1. The fraction of sp³-hybridized carbons (Fsp3) is 0.800. The number of carbonyl (C=O) groups excluding carboxylic acids is 1. The Kier molecular flexibility index (Phi) is 6.27. The van der Waals surface area contributed by atoms with Crippen LogP contribution in [0.3, 0.4) is 0 Å². The Morgan fingerprint density at radius 1 is 1.16 bits per heavy atom. The van der Waals surface area contributed by atoms with Crippen molar-refractivity contribution < 1.29 is 19.4 Å². The predicted octanol–water partition coefficient (Wildman–Crippen LogP) is 3.60. The zero-order valence-corrected chi connectivity index (χ0v) is 19.5. The first-order valence-corrected chi connectivity index (χ1v) is 12.1. The van der Waals surface area contributed by atoms with Gasteiger partial charge in [-0.3, -0.25) is 4.79 Å². The summed E-state index contributed by atoms with van der Waals surface area (Å²) >= 11 is 0. The lowest BCUT2D eigenvalue weighted by atomic mass is 9.57. The van der Waals surface area contributed by atoms with Crippen molar-refractivity contribution in [1.29, 1.82) is 0 Å². The zero-order chi connectivity index (χ0) is 22.3. The van der Waals surface area contributed by atoms with Crippen LogP contribution >= 0.6 is 0 Å². The van der Waals surface area contributed by atoms with Crippen molar-refractivity contribution in [2.45, 2.75) is 96.9 Å². The van der Waals surface area contributed by atoms with Crippen molar-refractivity contribution in [3.8, 4) is 0 Å². The fourth-order valence-corrected chi connectivity index (χ4v) is 6.80. The van der Waals surface area contributed by atoms with E-state index in [9.17, 15) is 15.0 Å². The monoisotopic (exact) mass is 432 g/mol. The number of nitrogens with zero attached hydrogens (tertiary/aromatic N) is 1. The molecule has 1 amide bonds. The molecule has 1 aromatic heterocycles. The van der Waals surface area contributed by atoms with Crippen molar-refractivity contribution in [3.05, 3.63) is 23.7 Å². The van der Waals surface area contributed by atoms with Gasteiger partial charge in [-0.25, -0.2) is 0 Å². The molecule has 0 radical (unpaired) electrons. The number of carbonyl (C=O) groups is 1. The van der Waals surface area contributed by atoms with Crippen molar-refractivity contribution in [1.82, 2.24) is 10.2 Å². The van der Waals surface area contributed by atoms with Gasteiger partial charge in [0.15, 0.2) is 0 Å². The molecule has 31 heavy (non-hydrogen) atoms. The van der Waals surface area contributed by atoms with Gasteiger partial charge >= 0.3 is 0 Å². The van der Waals surface area contributed by atoms with E-state index in [1.807, 2.05) is 24.0 Å². The second-order valence-electron chi connectivity index (χ2n) is 11.2. The molecule has 0 aromatic carbocycles. The molecule has 174 valence electrons. The van der Waals surface area contributed by atoms with Gasteiger partial charge < -0.3 is 24.8 Å². The summed E-state index contributed by atoms with van der Waals surface area (Å²) in [6, 6.07) is 4.02. The molecule has 1 aromatic rings. The number of furan rings is 1. The molecule has 1 saturated heterocycles. The average molecular weight is 433 g/mol. The lowest BCUT2D eigenvalue weighted by molar-refractivity contribution is -0.132. The summed E-state index contributed by atoms with van der Waals surface area (Å²) in [6.07, 6.45) is 7.28. The topological polar surface area (TPSA) is 85.9 Å². The Hall–Kier alpha value is -1.37. The van der Waals surface area contributed by atoms with Gasteiger partial charge in [-0.15, -0.1) is 0 Å². The van der Waals surface area contributed by atoms with E-state index in [1.165, 1.54) is 0 Å². The highest BCUT2D eigenvalue weighted by Gasteiger charge is 2.61. The van der Waals surface area contributed by atoms with E-state index in [1.54, 1.807) is 0 Å². The predicted molar refractivity (Wildman–Crippen MR) is 119 cm³/mol. The van der Waals surface area contributed by atoms with E-state index >= 15 is 0 Å². The van der Waals surface area contributed by atoms with Crippen LogP contribution in [0.15, 0.2) is 16.5 Å². The third-order valence-electron chi connectivity index (χ3n) is 8.49. The van der Waals surface area contributed by atoms with Gasteiger partial charge in [0, 0.05) is 25.6 Å². The van der Waals surface area contributed by atoms with Gasteiger partial charge in [-0.2, -0.15) is 0 Å². The number of hydrogen-bond donors (Lipinski definition) is 3. The summed E-state index contributed by atoms with van der Waals surface area (Å²) in [5.41, 5.74) is -0.526. The maximum Gasteiger partial charge on any atom is 0.222 e. The molecule has 1 aliphatic heterocycles. The molecular formula is C25H40N2O4. The normalized spacial score (nSPS) is 34.8. The smallest absolute Gasteiger partial charge is 0.222 e. The van der Waals surface area contributed by atoms with Crippen LogP contribution in [0.4, 0.5) is 0 Å².